The van der Waals surface area contributed by atoms with Crippen LogP contribution >= 0.6 is 11.6 Å². The van der Waals surface area contributed by atoms with Crippen LogP contribution in [0.3, 0.4) is 0 Å². The van der Waals surface area contributed by atoms with E-state index in [-0.39, 0.29) is 12.6 Å². The third kappa shape index (κ3) is 2.44. The maximum atomic E-state index is 8.63. The molecule has 3 nitrogen and oxygen atoms in total. The first kappa shape index (κ1) is 9.45. The fourth-order valence-electron chi connectivity index (χ4n) is 0.912. The molecular weight excluding hydrogens is 176 g/mol. The van der Waals surface area contributed by atoms with Crippen molar-refractivity contribution in [2.24, 2.45) is 5.73 Å². The van der Waals surface area contributed by atoms with Crippen LogP contribution in [0, 0.1) is 0 Å². The van der Waals surface area contributed by atoms with Crippen molar-refractivity contribution in [2.75, 3.05) is 6.61 Å². The summed E-state index contributed by atoms with van der Waals surface area (Å²) in [5, 5.41) is 9.08. The topological polar surface area (TPSA) is 59.1 Å². The maximum Gasteiger partial charge on any atom is 0.129 e. The van der Waals surface area contributed by atoms with Gasteiger partial charge in [0.1, 0.15) is 5.15 Å². The summed E-state index contributed by atoms with van der Waals surface area (Å²) in [6.45, 7) is 0.0871. The number of rotatable bonds is 3. The van der Waals surface area contributed by atoms with E-state index in [1.54, 1.807) is 12.3 Å². The fourth-order valence-corrected chi connectivity index (χ4v) is 1.02. The molecule has 0 saturated heterocycles. The molecule has 1 rings (SSSR count). The molecule has 0 spiro atoms. The highest BCUT2D eigenvalue weighted by Crippen LogP contribution is 2.13. The standard InChI is InChI=1S/C8H11ClN2O/c9-8-2-1-6(5-11-8)7(10)3-4-12/h1-2,5,7,12H,3-4,10H2/t7-/m0/s1. The molecule has 1 aromatic rings. The molecule has 66 valence electrons. The fraction of sp³-hybridized carbons (Fsp3) is 0.375. The van der Waals surface area contributed by atoms with Crippen LogP contribution in [-0.2, 0) is 0 Å². The molecule has 0 aliphatic carbocycles. The van der Waals surface area contributed by atoms with Gasteiger partial charge in [-0.1, -0.05) is 17.7 Å². The lowest BCUT2D eigenvalue weighted by atomic mass is 10.1. The van der Waals surface area contributed by atoms with Crippen molar-refractivity contribution in [1.29, 1.82) is 0 Å². The lowest BCUT2D eigenvalue weighted by Gasteiger charge is -2.08. The second-order valence-electron chi connectivity index (χ2n) is 2.53. The molecule has 0 saturated carbocycles. The highest BCUT2D eigenvalue weighted by Gasteiger charge is 2.04. The minimum atomic E-state index is -0.153. The van der Waals surface area contributed by atoms with E-state index in [4.69, 9.17) is 22.4 Å². The van der Waals surface area contributed by atoms with Crippen LogP contribution in [0.5, 0.6) is 0 Å². The van der Waals surface area contributed by atoms with Crippen LogP contribution in [0.1, 0.15) is 18.0 Å². The number of aliphatic hydroxyl groups excluding tert-OH is 1. The summed E-state index contributed by atoms with van der Waals surface area (Å²) in [7, 11) is 0. The Labute approximate surface area is 76.2 Å². The highest BCUT2D eigenvalue weighted by atomic mass is 35.5. The van der Waals surface area contributed by atoms with Gasteiger partial charge < -0.3 is 10.8 Å². The van der Waals surface area contributed by atoms with Gasteiger partial charge >= 0.3 is 0 Å². The van der Waals surface area contributed by atoms with Crippen molar-refractivity contribution in [1.82, 2.24) is 4.98 Å². The van der Waals surface area contributed by atoms with Gasteiger partial charge in [-0.3, -0.25) is 0 Å². The number of nitrogens with two attached hydrogens (primary N) is 1. The molecule has 0 bridgehead atoms. The van der Waals surface area contributed by atoms with Gasteiger partial charge in [0, 0.05) is 18.8 Å². The smallest absolute Gasteiger partial charge is 0.129 e. The molecule has 1 atom stereocenters. The van der Waals surface area contributed by atoms with Crippen LogP contribution in [0.4, 0.5) is 0 Å². The van der Waals surface area contributed by atoms with E-state index >= 15 is 0 Å². The number of hydrogen-bond acceptors (Lipinski definition) is 3. The van der Waals surface area contributed by atoms with Crippen molar-refractivity contribution in [2.45, 2.75) is 12.5 Å². The molecule has 0 unspecified atom stereocenters. The zero-order chi connectivity index (χ0) is 8.97. The molecule has 0 aromatic carbocycles. The predicted octanol–water partition coefficient (Wildman–Crippen LogP) is 1.12. The summed E-state index contributed by atoms with van der Waals surface area (Å²) in [5.41, 5.74) is 6.61. The summed E-state index contributed by atoms with van der Waals surface area (Å²) >= 11 is 5.59. The van der Waals surface area contributed by atoms with Crippen molar-refractivity contribution < 1.29 is 5.11 Å². The number of pyridine rings is 1. The second-order valence-corrected chi connectivity index (χ2v) is 2.92. The third-order valence-electron chi connectivity index (χ3n) is 1.62. The Morgan fingerprint density at radius 3 is 2.83 bits per heavy atom. The average Bonchev–Trinajstić information content (AvgIpc) is 2.06. The van der Waals surface area contributed by atoms with Crippen molar-refractivity contribution in [3.05, 3.63) is 29.0 Å². The van der Waals surface area contributed by atoms with Crippen molar-refractivity contribution >= 4 is 11.6 Å². The third-order valence-corrected chi connectivity index (χ3v) is 1.84. The first-order chi connectivity index (χ1) is 5.74. The van der Waals surface area contributed by atoms with E-state index in [9.17, 15) is 0 Å². The average molecular weight is 187 g/mol. The van der Waals surface area contributed by atoms with Gasteiger partial charge in [-0.25, -0.2) is 4.98 Å². The minimum Gasteiger partial charge on any atom is -0.396 e. The van der Waals surface area contributed by atoms with E-state index in [0.717, 1.165) is 5.56 Å². The molecular formula is C8H11ClN2O. The van der Waals surface area contributed by atoms with Gasteiger partial charge in [-0.2, -0.15) is 0 Å². The van der Waals surface area contributed by atoms with E-state index in [0.29, 0.717) is 11.6 Å². The molecule has 0 aliphatic heterocycles. The molecule has 12 heavy (non-hydrogen) atoms. The van der Waals surface area contributed by atoms with Crippen LogP contribution < -0.4 is 5.73 Å². The molecule has 1 heterocycles. The first-order valence-electron chi connectivity index (χ1n) is 3.72. The zero-order valence-electron chi connectivity index (χ0n) is 6.57. The van der Waals surface area contributed by atoms with Crippen molar-refractivity contribution in [3.8, 4) is 0 Å². The molecule has 0 radical (unpaired) electrons. The molecule has 0 aliphatic rings. The second kappa shape index (κ2) is 4.40. The summed E-state index contributed by atoms with van der Waals surface area (Å²) in [5.74, 6) is 0. The van der Waals surface area contributed by atoms with E-state index < -0.39 is 0 Å². The largest absolute Gasteiger partial charge is 0.396 e. The maximum absolute atomic E-state index is 8.63. The predicted molar refractivity (Wildman–Crippen MR) is 47.9 cm³/mol. The first-order valence-corrected chi connectivity index (χ1v) is 4.09. The Balaban J connectivity index is 2.68. The van der Waals surface area contributed by atoms with Crippen LogP contribution in [0.25, 0.3) is 0 Å². The van der Waals surface area contributed by atoms with Crippen LogP contribution in [0.15, 0.2) is 18.3 Å². The van der Waals surface area contributed by atoms with E-state index in [1.165, 1.54) is 0 Å². The molecule has 1 aromatic heterocycles. The van der Waals surface area contributed by atoms with Crippen LogP contribution in [-0.4, -0.2) is 16.7 Å². The SMILES string of the molecule is N[C@@H](CCO)c1ccc(Cl)nc1. The summed E-state index contributed by atoms with van der Waals surface area (Å²) in [6, 6.07) is 3.35. The number of halogens is 1. The molecule has 4 heteroatoms. The molecule has 0 amide bonds. The number of aromatic nitrogens is 1. The van der Waals surface area contributed by atoms with Gasteiger partial charge in [0.2, 0.25) is 0 Å². The number of aliphatic hydroxyl groups is 1. The molecule has 3 N–H and O–H groups in total. The minimum absolute atomic E-state index is 0.0871. The monoisotopic (exact) mass is 186 g/mol. The van der Waals surface area contributed by atoms with E-state index in [1.807, 2.05) is 6.07 Å². The van der Waals surface area contributed by atoms with Crippen LogP contribution in [0.2, 0.25) is 5.15 Å². The normalized spacial score (nSPS) is 12.9. The van der Waals surface area contributed by atoms with Gasteiger partial charge in [0.05, 0.1) is 0 Å². The van der Waals surface area contributed by atoms with Gasteiger partial charge in [0.15, 0.2) is 0 Å². The Bertz CT molecular complexity index is 237. The summed E-state index contributed by atoms with van der Waals surface area (Å²) in [4.78, 5) is 3.89. The van der Waals surface area contributed by atoms with Gasteiger partial charge in [-0.15, -0.1) is 0 Å². The van der Waals surface area contributed by atoms with Crippen molar-refractivity contribution in [3.63, 3.8) is 0 Å². The highest BCUT2D eigenvalue weighted by molar-refractivity contribution is 6.29. The Morgan fingerprint density at radius 2 is 2.33 bits per heavy atom. The quantitative estimate of drug-likeness (QED) is 0.696. The zero-order valence-corrected chi connectivity index (χ0v) is 7.33. The lowest BCUT2D eigenvalue weighted by Crippen LogP contribution is -2.11. The Morgan fingerprint density at radius 1 is 1.58 bits per heavy atom. The number of nitrogens with zero attached hydrogens (tertiary/aromatic N) is 1. The van der Waals surface area contributed by atoms with Gasteiger partial charge in [0.25, 0.3) is 0 Å². The molecule has 0 fully saturated rings. The Hall–Kier alpha value is -0.640. The van der Waals surface area contributed by atoms with E-state index in [2.05, 4.69) is 4.98 Å². The Kier molecular flexibility index (Phi) is 3.47. The number of hydrogen-bond donors (Lipinski definition) is 2. The van der Waals surface area contributed by atoms with Gasteiger partial charge in [-0.05, 0) is 18.1 Å². The lowest BCUT2D eigenvalue weighted by molar-refractivity contribution is 0.276. The summed E-state index contributed by atoms with van der Waals surface area (Å²) < 4.78 is 0. The summed E-state index contributed by atoms with van der Waals surface area (Å²) in [6.07, 6.45) is 2.17.